The van der Waals surface area contributed by atoms with Gasteiger partial charge in [0.2, 0.25) is 0 Å². The maximum absolute atomic E-state index is 12.8. The Morgan fingerprint density at radius 1 is 1.29 bits per heavy atom. The Hall–Kier alpha value is -0.520. The van der Waals surface area contributed by atoms with Gasteiger partial charge in [-0.3, -0.25) is 0 Å². The molecule has 0 aliphatic carbocycles. The van der Waals surface area contributed by atoms with E-state index >= 15 is 0 Å². The molecule has 78 valence electrons. The lowest BCUT2D eigenvalue weighted by atomic mass is 10.2. The van der Waals surface area contributed by atoms with Gasteiger partial charge in [-0.2, -0.15) is 0 Å². The quantitative estimate of drug-likeness (QED) is 0.474. The van der Waals surface area contributed by atoms with Gasteiger partial charge in [0.1, 0.15) is 6.79 Å². The fourth-order valence-electron chi connectivity index (χ4n) is 0.909. The Morgan fingerprint density at radius 3 is 2.57 bits per heavy atom. The summed E-state index contributed by atoms with van der Waals surface area (Å²) in [5, 5.41) is 0. The predicted octanol–water partition coefficient (Wildman–Crippen LogP) is 2.85. The molecule has 1 aromatic rings. The molecular weight excluding hydrogens is 258 g/mol. The molecule has 0 atom stereocenters. The number of hydrogen-bond acceptors (Lipinski definition) is 2. The van der Waals surface area contributed by atoms with E-state index in [1.165, 1.54) is 7.11 Å². The van der Waals surface area contributed by atoms with Crippen molar-refractivity contribution in [1.29, 1.82) is 0 Å². The standard InChI is InChI=1S/C9H9BrF2O2/c1-13-5-14-4-6-2-8(11)9(12)3-7(6)10/h2-3H,4-5H2,1H3. The van der Waals surface area contributed by atoms with Gasteiger partial charge in [-0.25, -0.2) is 8.78 Å². The zero-order chi connectivity index (χ0) is 10.6. The first-order chi connectivity index (χ1) is 6.65. The molecular formula is C9H9BrF2O2. The van der Waals surface area contributed by atoms with Crippen molar-refractivity contribution in [3.8, 4) is 0 Å². The van der Waals surface area contributed by atoms with Gasteiger partial charge >= 0.3 is 0 Å². The first kappa shape index (κ1) is 11.6. The molecule has 0 aliphatic rings. The maximum atomic E-state index is 12.8. The van der Waals surface area contributed by atoms with E-state index in [-0.39, 0.29) is 13.4 Å². The Kier molecular flexibility index (Phi) is 4.44. The van der Waals surface area contributed by atoms with Crippen LogP contribution in [-0.2, 0) is 16.1 Å². The van der Waals surface area contributed by atoms with E-state index in [1.54, 1.807) is 0 Å². The number of halogens is 3. The molecule has 0 heterocycles. The molecule has 0 N–H and O–H groups in total. The third-order valence-corrected chi connectivity index (χ3v) is 2.29. The molecule has 1 aromatic carbocycles. The van der Waals surface area contributed by atoms with Crippen LogP contribution in [0.15, 0.2) is 16.6 Å². The van der Waals surface area contributed by atoms with Crippen molar-refractivity contribution in [2.75, 3.05) is 13.9 Å². The van der Waals surface area contributed by atoms with Crippen molar-refractivity contribution in [2.24, 2.45) is 0 Å². The van der Waals surface area contributed by atoms with Crippen LogP contribution in [0.4, 0.5) is 8.78 Å². The van der Waals surface area contributed by atoms with Gasteiger partial charge in [0, 0.05) is 11.6 Å². The van der Waals surface area contributed by atoms with E-state index in [9.17, 15) is 8.78 Å². The molecule has 14 heavy (non-hydrogen) atoms. The SMILES string of the molecule is COCOCc1cc(F)c(F)cc1Br. The number of benzene rings is 1. The van der Waals surface area contributed by atoms with E-state index in [4.69, 9.17) is 4.74 Å². The second kappa shape index (κ2) is 5.38. The number of rotatable bonds is 4. The Morgan fingerprint density at radius 2 is 1.93 bits per heavy atom. The monoisotopic (exact) mass is 266 g/mol. The molecule has 5 heteroatoms. The van der Waals surface area contributed by atoms with Gasteiger partial charge < -0.3 is 9.47 Å². The number of methoxy groups -OCH3 is 1. The number of hydrogen-bond donors (Lipinski definition) is 0. The lowest BCUT2D eigenvalue weighted by molar-refractivity contribution is -0.0393. The molecule has 0 aromatic heterocycles. The van der Waals surface area contributed by atoms with Crippen molar-refractivity contribution in [3.05, 3.63) is 33.8 Å². The highest BCUT2D eigenvalue weighted by Gasteiger charge is 2.07. The molecule has 0 bridgehead atoms. The summed E-state index contributed by atoms with van der Waals surface area (Å²) in [6.45, 7) is 0.289. The first-order valence-corrected chi connectivity index (χ1v) is 4.64. The average Bonchev–Trinajstić information content (AvgIpc) is 2.14. The van der Waals surface area contributed by atoms with Gasteiger partial charge in [-0.15, -0.1) is 0 Å². The van der Waals surface area contributed by atoms with Gasteiger partial charge in [0.05, 0.1) is 6.61 Å². The summed E-state index contributed by atoms with van der Waals surface area (Å²) in [4.78, 5) is 0. The number of ether oxygens (including phenoxy) is 2. The van der Waals surface area contributed by atoms with Crippen LogP contribution >= 0.6 is 15.9 Å². The van der Waals surface area contributed by atoms with Gasteiger partial charge in [0.15, 0.2) is 11.6 Å². The Labute approximate surface area is 89.0 Å². The van der Waals surface area contributed by atoms with Crippen molar-refractivity contribution < 1.29 is 18.3 Å². The molecule has 0 unspecified atom stereocenters. The van der Waals surface area contributed by atoms with Crippen molar-refractivity contribution in [1.82, 2.24) is 0 Å². The molecule has 0 amide bonds. The zero-order valence-electron chi connectivity index (χ0n) is 7.52. The second-order valence-corrected chi connectivity index (χ2v) is 3.47. The summed E-state index contributed by atoms with van der Waals surface area (Å²) in [5.74, 6) is -1.77. The van der Waals surface area contributed by atoms with Crippen molar-refractivity contribution >= 4 is 15.9 Å². The minimum atomic E-state index is -0.885. The van der Waals surface area contributed by atoms with Gasteiger partial charge in [-0.05, 0) is 17.7 Å². The van der Waals surface area contributed by atoms with Crippen LogP contribution in [0.3, 0.4) is 0 Å². The summed E-state index contributed by atoms with van der Waals surface area (Å²) in [5.41, 5.74) is 0.543. The average molecular weight is 267 g/mol. The summed E-state index contributed by atoms with van der Waals surface area (Å²) in [6.07, 6.45) is 0. The minimum Gasteiger partial charge on any atom is -0.359 e. The topological polar surface area (TPSA) is 18.5 Å². The van der Waals surface area contributed by atoms with Crippen LogP contribution in [0.5, 0.6) is 0 Å². The molecule has 2 nitrogen and oxygen atoms in total. The van der Waals surface area contributed by atoms with E-state index in [0.717, 1.165) is 12.1 Å². The maximum Gasteiger partial charge on any atom is 0.159 e. The summed E-state index contributed by atoms with van der Waals surface area (Å²) >= 11 is 3.11. The lowest BCUT2D eigenvalue weighted by Crippen LogP contribution is -1.99. The smallest absolute Gasteiger partial charge is 0.159 e. The van der Waals surface area contributed by atoms with Crippen LogP contribution in [0.1, 0.15) is 5.56 Å². The normalized spacial score (nSPS) is 10.6. The molecule has 0 spiro atoms. The highest BCUT2D eigenvalue weighted by Crippen LogP contribution is 2.21. The first-order valence-electron chi connectivity index (χ1n) is 3.85. The lowest BCUT2D eigenvalue weighted by Gasteiger charge is -2.05. The van der Waals surface area contributed by atoms with Crippen LogP contribution < -0.4 is 0 Å². The van der Waals surface area contributed by atoms with Crippen molar-refractivity contribution in [2.45, 2.75) is 6.61 Å². The Balaban J connectivity index is 2.72. The molecule has 0 radical (unpaired) electrons. The molecule has 1 rings (SSSR count). The van der Waals surface area contributed by atoms with E-state index in [0.29, 0.717) is 10.0 Å². The molecule has 0 aliphatic heterocycles. The van der Waals surface area contributed by atoms with Crippen LogP contribution in [-0.4, -0.2) is 13.9 Å². The van der Waals surface area contributed by atoms with Gasteiger partial charge in [-0.1, -0.05) is 15.9 Å². The Bertz CT molecular complexity index is 318. The largest absolute Gasteiger partial charge is 0.359 e. The van der Waals surface area contributed by atoms with Crippen molar-refractivity contribution in [3.63, 3.8) is 0 Å². The van der Waals surface area contributed by atoms with Crippen LogP contribution in [0.2, 0.25) is 0 Å². The fourth-order valence-corrected chi connectivity index (χ4v) is 1.34. The van der Waals surface area contributed by atoms with E-state index in [1.807, 2.05) is 0 Å². The molecule has 0 saturated heterocycles. The molecule has 0 fully saturated rings. The van der Waals surface area contributed by atoms with Crippen LogP contribution in [0, 0.1) is 11.6 Å². The zero-order valence-corrected chi connectivity index (χ0v) is 9.11. The minimum absolute atomic E-state index is 0.117. The van der Waals surface area contributed by atoms with Gasteiger partial charge in [0.25, 0.3) is 0 Å². The highest BCUT2D eigenvalue weighted by molar-refractivity contribution is 9.10. The van der Waals surface area contributed by atoms with E-state index < -0.39 is 11.6 Å². The van der Waals surface area contributed by atoms with E-state index in [2.05, 4.69) is 20.7 Å². The third kappa shape index (κ3) is 3.01. The highest BCUT2D eigenvalue weighted by atomic mass is 79.9. The summed E-state index contributed by atoms with van der Waals surface area (Å²) in [6, 6.07) is 2.16. The molecule has 0 saturated carbocycles. The summed E-state index contributed by atoms with van der Waals surface area (Å²) < 4.78 is 35.6. The second-order valence-electron chi connectivity index (χ2n) is 2.61. The summed E-state index contributed by atoms with van der Waals surface area (Å²) in [7, 11) is 1.49. The fraction of sp³-hybridized carbons (Fsp3) is 0.333. The predicted molar refractivity (Wildman–Crippen MR) is 50.7 cm³/mol. The third-order valence-electron chi connectivity index (χ3n) is 1.55. The van der Waals surface area contributed by atoms with Crippen LogP contribution in [0.25, 0.3) is 0 Å².